The topological polar surface area (TPSA) is 42.7 Å². The molecule has 1 heterocycles. The molecule has 4 heteroatoms. The van der Waals surface area contributed by atoms with Crippen molar-refractivity contribution in [2.24, 2.45) is 5.92 Å². The summed E-state index contributed by atoms with van der Waals surface area (Å²) in [5.74, 6) is 2.96. The first-order valence-electron chi connectivity index (χ1n) is 8.60. The van der Waals surface area contributed by atoms with Crippen LogP contribution >= 0.6 is 0 Å². The molecule has 0 unspecified atom stereocenters. The lowest BCUT2D eigenvalue weighted by atomic mass is 10.0. The Kier molecular flexibility index (Phi) is 4.93. The lowest BCUT2D eigenvalue weighted by Crippen LogP contribution is -2.28. The predicted molar refractivity (Wildman–Crippen MR) is 93.3 cm³/mol. The maximum atomic E-state index is 12.3. The molecule has 1 aromatic carbocycles. The van der Waals surface area contributed by atoms with Gasteiger partial charge in [0.2, 0.25) is 0 Å². The lowest BCUT2D eigenvalue weighted by molar-refractivity contribution is 0.0753. The highest BCUT2D eigenvalue weighted by molar-refractivity contribution is 5.91. The number of carbonyl (C=O) groups excluding carboxylic acids is 1. The van der Waals surface area contributed by atoms with Gasteiger partial charge in [-0.2, -0.15) is 0 Å². The van der Waals surface area contributed by atoms with Gasteiger partial charge in [-0.05, 0) is 54.5 Å². The minimum absolute atomic E-state index is 0.0607. The maximum absolute atomic E-state index is 12.3. The number of rotatable bonds is 7. The summed E-state index contributed by atoms with van der Waals surface area (Å²) < 4.78 is 11.4. The Morgan fingerprint density at radius 3 is 2.54 bits per heavy atom. The molecule has 1 aliphatic rings. The van der Waals surface area contributed by atoms with Crippen molar-refractivity contribution in [2.75, 3.05) is 13.6 Å². The maximum Gasteiger partial charge on any atom is 0.289 e. The largest absolute Gasteiger partial charge is 0.486 e. The van der Waals surface area contributed by atoms with Crippen molar-refractivity contribution in [3.05, 3.63) is 53.5 Å². The zero-order valence-electron chi connectivity index (χ0n) is 14.6. The van der Waals surface area contributed by atoms with Crippen LogP contribution in [0.1, 0.15) is 54.5 Å². The molecule has 1 fully saturated rings. The van der Waals surface area contributed by atoms with Crippen molar-refractivity contribution < 1.29 is 13.9 Å². The van der Waals surface area contributed by atoms with Gasteiger partial charge >= 0.3 is 0 Å². The van der Waals surface area contributed by atoms with Gasteiger partial charge in [0, 0.05) is 13.6 Å². The fourth-order valence-corrected chi connectivity index (χ4v) is 2.63. The van der Waals surface area contributed by atoms with Crippen LogP contribution in [0.15, 0.2) is 40.8 Å². The van der Waals surface area contributed by atoms with Crippen LogP contribution in [0, 0.1) is 5.92 Å². The molecule has 1 aliphatic carbocycles. The van der Waals surface area contributed by atoms with Crippen LogP contribution in [0.3, 0.4) is 0 Å². The van der Waals surface area contributed by atoms with E-state index in [1.54, 1.807) is 17.0 Å². The second-order valence-electron chi connectivity index (χ2n) is 6.91. The van der Waals surface area contributed by atoms with Crippen molar-refractivity contribution in [3.63, 3.8) is 0 Å². The van der Waals surface area contributed by atoms with Crippen LogP contribution < -0.4 is 4.74 Å². The Morgan fingerprint density at radius 2 is 1.92 bits per heavy atom. The number of ether oxygens (including phenoxy) is 1. The third-order valence-corrected chi connectivity index (χ3v) is 4.38. The first-order valence-corrected chi connectivity index (χ1v) is 8.60. The molecular weight excluding hydrogens is 302 g/mol. The van der Waals surface area contributed by atoms with Crippen LogP contribution in [0.5, 0.6) is 5.75 Å². The summed E-state index contributed by atoms with van der Waals surface area (Å²) in [6.45, 7) is 5.46. The summed E-state index contributed by atoms with van der Waals surface area (Å²) >= 11 is 0. The van der Waals surface area contributed by atoms with Gasteiger partial charge in [0.05, 0.1) is 0 Å². The molecule has 3 rings (SSSR count). The zero-order valence-corrected chi connectivity index (χ0v) is 14.6. The van der Waals surface area contributed by atoms with E-state index in [0.29, 0.717) is 30.0 Å². The number of amides is 1. The number of nitrogens with zero attached hydrogens (tertiary/aromatic N) is 1. The highest BCUT2D eigenvalue weighted by Gasteiger charge is 2.26. The Morgan fingerprint density at radius 1 is 1.21 bits per heavy atom. The molecule has 0 aliphatic heterocycles. The van der Waals surface area contributed by atoms with E-state index in [1.807, 2.05) is 19.2 Å². The van der Waals surface area contributed by atoms with Crippen molar-refractivity contribution in [1.82, 2.24) is 4.90 Å². The Hall–Kier alpha value is -2.23. The van der Waals surface area contributed by atoms with Crippen LogP contribution in [0.2, 0.25) is 0 Å². The molecule has 0 bridgehead atoms. The van der Waals surface area contributed by atoms with Crippen LogP contribution in [0.25, 0.3) is 0 Å². The molecule has 1 saturated carbocycles. The van der Waals surface area contributed by atoms with E-state index in [0.717, 1.165) is 12.3 Å². The number of furan rings is 1. The average molecular weight is 327 g/mol. The summed E-state index contributed by atoms with van der Waals surface area (Å²) in [7, 11) is 1.83. The number of hydrogen-bond acceptors (Lipinski definition) is 3. The normalized spacial score (nSPS) is 14.0. The van der Waals surface area contributed by atoms with Gasteiger partial charge in [-0.3, -0.25) is 4.79 Å². The van der Waals surface area contributed by atoms with Crippen molar-refractivity contribution in [3.8, 4) is 5.75 Å². The molecule has 1 amide bonds. The quantitative estimate of drug-likeness (QED) is 0.754. The van der Waals surface area contributed by atoms with Crippen molar-refractivity contribution in [2.45, 2.75) is 39.2 Å². The smallest absolute Gasteiger partial charge is 0.289 e. The molecule has 2 aromatic rings. The van der Waals surface area contributed by atoms with Gasteiger partial charge in [0.25, 0.3) is 5.91 Å². The van der Waals surface area contributed by atoms with Gasteiger partial charge in [-0.1, -0.05) is 26.0 Å². The highest BCUT2D eigenvalue weighted by Crippen LogP contribution is 2.29. The molecule has 24 heavy (non-hydrogen) atoms. The Bertz CT molecular complexity index is 683. The third kappa shape index (κ3) is 4.19. The molecule has 0 radical (unpaired) electrons. The fraction of sp³-hybridized carbons (Fsp3) is 0.450. The van der Waals surface area contributed by atoms with Gasteiger partial charge < -0.3 is 14.1 Å². The van der Waals surface area contributed by atoms with E-state index < -0.39 is 0 Å². The second kappa shape index (κ2) is 7.12. The highest BCUT2D eigenvalue weighted by atomic mass is 16.5. The molecule has 0 saturated heterocycles. The third-order valence-electron chi connectivity index (χ3n) is 4.38. The minimum Gasteiger partial charge on any atom is -0.486 e. The SMILES string of the molecule is CC(C)c1ccc(OCc2ccc(C(=O)N(C)CC3CC3)o2)cc1. The van der Waals surface area contributed by atoms with E-state index in [9.17, 15) is 4.79 Å². The van der Waals surface area contributed by atoms with Gasteiger partial charge in [-0.25, -0.2) is 0 Å². The number of benzene rings is 1. The van der Waals surface area contributed by atoms with Crippen LogP contribution in [0.4, 0.5) is 0 Å². The lowest BCUT2D eigenvalue weighted by Gasteiger charge is -2.14. The standard InChI is InChI=1S/C20H25NO3/c1-14(2)16-6-8-17(9-7-16)23-13-18-10-11-19(24-18)20(22)21(3)12-15-4-5-15/h6-11,14-15H,4-5,12-13H2,1-3H3. The van der Waals surface area contributed by atoms with Crippen molar-refractivity contribution in [1.29, 1.82) is 0 Å². The van der Waals surface area contributed by atoms with Gasteiger partial charge in [0.15, 0.2) is 5.76 Å². The first kappa shape index (κ1) is 16.6. The number of hydrogen-bond donors (Lipinski definition) is 0. The zero-order chi connectivity index (χ0) is 17.1. The second-order valence-corrected chi connectivity index (χ2v) is 6.91. The molecule has 1 aromatic heterocycles. The molecule has 0 N–H and O–H groups in total. The Labute approximate surface area is 143 Å². The Balaban J connectivity index is 1.54. The van der Waals surface area contributed by atoms with E-state index in [-0.39, 0.29) is 5.91 Å². The van der Waals surface area contributed by atoms with E-state index in [4.69, 9.17) is 9.15 Å². The summed E-state index contributed by atoms with van der Waals surface area (Å²) in [5, 5.41) is 0. The minimum atomic E-state index is -0.0607. The fourth-order valence-electron chi connectivity index (χ4n) is 2.63. The number of carbonyl (C=O) groups is 1. The summed E-state index contributed by atoms with van der Waals surface area (Å²) in [4.78, 5) is 14.0. The van der Waals surface area contributed by atoms with Crippen molar-refractivity contribution >= 4 is 5.91 Å². The van der Waals surface area contributed by atoms with Crippen LogP contribution in [-0.2, 0) is 6.61 Å². The monoisotopic (exact) mass is 327 g/mol. The predicted octanol–water partition coefficient (Wildman–Crippen LogP) is 4.46. The van der Waals surface area contributed by atoms with E-state index in [1.165, 1.54) is 18.4 Å². The molecule has 4 nitrogen and oxygen atoms in total. The summed E-state index contributed by atoms with van der Waals surface area (Å²) in [5.41, 5.74) is 1.28. The van der Waals surface area contributed by atoms with Crippen LogP contribution in [-0.4, -0.2) is 24.4 Å². The van der Waals surface area contributed by atoms with E-state index >= 15 is 0 Å². The van der Waals surface area contributed by atoms with Gasteiger partial charge in [-0.15, -0.1) is 0 Å². The van der Waals surface area contributed by atoms with E-state index in [2.05, 4.69) is 26.0 Å². The molecular formula is C20H25NO3. The summed E-state index contributed by atoms with van der Waals surface area (Å²) in [6.07, 6.45) is 2.45. The molecule has 128 valence electrons. The first-order chi connectivity index (χ1) is 11.5. The molecule has 0 spiro atoms. The molecule has 0 atom stereocenters. The average Bonchev–Trinajstić information content (AvgIpc) is 3.26. The van der Waals surface area contributed by atoms with Gasteiger partial charge in [0.1, 0.15) is 18.1 Å². The summed E-state index contributed by atoms with van der Waals surface area (Å²) in [6, 6.07) is 11.6.